The molecule has 0 unspecified atom stereocenters. The van der Waals surface area contributed by atoms with Gasteiger partial charge in [0.1, 0.15) is 6.61 Å². The second-order valence-corrected chi connectivity index (χ2v) is 1.95. The summed E-state index contributed by atoms with van der Waals surface area (Å²) in [5.41, 5.74) is 0.773. The van der Waals surface area contributed by atoms with Gasteiger partial charge in [0.15, 0.2) is 0 Å². The molecule has 0 radical (unpaired) electrons. The fourth-order valence-corrected chi connectivity index (χ4v) is 0.492. The first-order chi connectivity index (χ1) is 5.31. The minimum absolute atomic E-state index is 0.261. The van der Waals surface area contributed by atoms with Crippen LogP contribution in [-0.2, 0) is 9.53 Å². The van der Waals surface area contributed by atoms with Gasteiger partial charge in [-0.15, -0.1) is 0 Å². The van der Waals surface area contributed by atoms with Crippen molar-refractivity contribution in [2.24, 2.45) is 0 Å². The van der Waals surface area contributed by atoms with E-state index >= 15 is 0 Å². The third-order valence-electron chi connectivity index (χ3n) is 0.972. The van der Waals surface area contributed by atoms with Gasteiger partial charge in [0.25, 0.3) is 6.47 Å². The van der Waals surface area contributed by atoms with Crippen molar-refractivity contribution >= 4 is 6.47 Å². The van der Waals surface area contributed by atoms with Crippen molar-refractivity contribution in [1.29, 1.82) is 0 Å². The topological polar surface area (TPSA) is 26.3 Å². The van der Waals surface area contributed by atoms with Gasteiger partial charge in [-0.1, -0.05) is 30.9 Å². The van der Waals surface area contributed by atoms with Crippen LogP contribution in [0.1, 0.15) is 6.92 Å². The van der Waals surface area contributed by atoms with Crippen LogP contribution in [0.4, 0.5) is 0 Å². The average Bonchev–Trinajstić information content (AvgIpc) is 2.01. The Kier molecular flexibility index (Phi) is 5.99. The van der Waals surface area contributed by atoms with E-state index in [2.05, 4.69) is 11.3 Å². The first-order valence-corrected chi connectivity index (χ1v) is 3.33. The number of hydrogen-bond acceptors (Lipinski definition) is 2. The molecule has 0 aromatic carbocycles. The Morgan fingerprint density at radius 3 is 2.82 bits per heavy atom. The van der Waals surface area contributed by atoms with Crippen LogP contribution >= 0.6 is 0 Å². The Balaban J connectivity index is 3.59. The highest BCUT2D eigenvalue weighted by Gasteiger charge is 1.84. The Morgan fingerprint density at radius 2 is 2.27 bits per heavy atom. The predicted octanol–water partition coefficient (Wildman–Crippen LogP) is 1.85. The predicted molar refractivity (Wildman–Crippen MR) is 45.1 cm³/mol. The Bertz CT molecular complexity index is 178. The largest absolute Gasteiger partial charge is 0.463 e. The highest BCUT2D eigenvalue weighted by atomic mass is 16.5. The van der Waals surface area contributed by atoms with Crippen molar-refractivity contribution in [3.8, 4) is 0 Å². The van der Waals surface area contributed by atoms with Crippen LogP contribution in [0, 0.1) is 0 Å². The van der Waals surface area contributed by atoms with Crippen molar-refractivity contribution < 1.29 is 9.53 Å². The highest BCUT2D eigenvalue weighted by Crippen LogP contribution is 1.92. The van der Waals surface area contributed by atoms with Crippen LogP contribution in [0.2, 0.25) is 0 Å². The Hall–Kier alpha value is -1.31. The zero-order valence-electron chi connectivity index (χ0n) is 6.62. The van der Waals surface area contributed by atoms with Gasteiger partial charge in [-0.2, -0.15) is 0 Å². The minimum Gasteiger partial charge on any atom is -0.463 e. The van der Waals surface area contributed by atoms with Crippen LogP contribution < -0.4 is 0 Å². The molecule has 0 N–H and O–H groups in total. The lowest BCUT2D eigenvalue weighted by atomic mass is 10.3. The van der Waals surface area contributed by atoms with E-state index in [1.165, 1.54) is 0 Å². The average molecular weight is 152 g/mol. The van der Waals surface area contributed by atoms with Crippen molar-refractivity contribution in [2.75, 3.05) is 6.61 Å². The normalized spacial score (nSPS) is 10.6. The van der Waals surface area contributed by atoms with E-state index in [0.29, 0.717) is 6.47 Å². The molecule has 0 spiro atoms. The van der Waals surface area contributed by atoms with Gasteiger partial charge in [0, 0.05) is 0 Å². The molecule has 0 aromatic rings. The van der Waals surface area contributed by atoms with Gasteiger partial charge in [-0.3, -0.25) is 4.79 Å². The van der Waals surface area contributed by atoms with E-state index in [4.69, 9.17) is 0 Å². The van der Waals surface area contributed by atoms with Gasteiger partial charge in [-0.05, 0) is 12.5 Å². The third-order valence-corrected chi connectivity index (χ3v) is 0.972. The van der Waals surface area contributed by atoms with Gasteiger partial charge in [-0.25, -0.2) is 0 Å². The molecule has 0 bridgehead atoms. The maximum atomic E-state index is 9.74. The maximum Gasteiger partial charge on any atom is 0.293 e. The summed E-state index contributed by atoms with van der Waals surface area (Å²) < 4.78 is 4.47. The van der Waals surface area contributed by atoms with Crippen LogP contribution in [-0.4, -0.2) is 13.1 Å². The highest BCUT2D eigenvalue weighted by molar-refractivity contribution is 5.38. The molecule has 0 aliphatic heterocycles. The van der Waals surface area contributed by atoms with E-state index in [1.807, 2.05) is 25.2 Å². The van der Waals surface area contributed by atoms with Gasteiger partial charge in [0.05, 0.1) is 0 Å². The number of rotatable bonds is 5. The molecule has 2 heteroatoms. The molecule has 0 atom stereocenters. The van der Waals surface area contributed by atoms with Crippen LogP contribution in [0.3, 0.4) is 0 Å². The van der Waals surface area contributed by atoms with Crippen LogP contribution in [0.15, 0.2) is 36.5 Å². The zero-order valence-corrected chi connectivity index (χ0v) is 6.62. The van der Waals surface area contributed by atoms with Crippen molar-refractivity contribution in [3.05, 3.63) is 36.5 Å². The molecule has 0 amide bonds. The first-order valence-electron chi connectivity index (χ1n) is 3.33. The summed E-state index contributed by atoms with van der Waals surface area (Å²) in [5.74, 6) is 0. The molecule has 0 fully saturated rings. The molecule has 0 aliphatic rings. The summed E-state index contributed by atoms with van der Waals surface area (Å²) in [5, 5.41) is 0. The molecule has 0 rings (SSSR count). The second-order valence-electron chi connectivity index (χ2n) is 1.95. The molecular weight excluding hydrogens is 140 g/mol. The second kappa shape index (κ2) is 6.81. The number of allylic oxidation sites excluding steroid dienone is 3. The van der Waals surface area contributed by atoms with E-state index in [-0.39, 0.29) is 6.61 Å². The van der Waals surface area contributed by atoms with Crippen LogP contribution in [0.25, 0.3) is 0 Å². The smallest absolute Gasteiger partial charge is 0.293 e. The molecule has 0 aliphatic carbocycles. The van der Waals surface area contributed by atoms with Crippen LogP contribution in [0.5, 0.6) is 0 Å². The zero-order chi connectivity index (χ0) is 8.53. The van der Waals surface area contributed by atoms with E-state index in [1.54, 1.807) is 6.08 Å². The van der Waals surface area contributed by atoms with Crippen molar-refractivity contribution in [3.63, 3.8) is 0 Å². The lowest BCUT2D eigenvalue weighted by Crippen LogP contribution is -1.91. The molecule has 0 aromatic heterocycles. The van der Waals surface area contributed by atoms with E-state index in [9.17, 15) is 4.79 Å². The SMILES string of the molecule is C=C(/C=C\C=C/C)COC=O. The monoisotopic (exact) mass is 152 g/mol. The molecule has 11 heavy (non-hydrogen) atoms. The molecule has 0 saturated carbocycles. The van der Waals surface area contributed by atoms with Crippen molar-refractivity contribution in [2.45, 2.75) is 6.92 Å². The Morgan fingerprint density at radius 1 is 1.55 bits per heavy atom. The molecular formula is C9H12O2. The van der Waals surface area contributed by atoms with Gasteiger partial charge >= 0.3 is 0 Å². The summed E-state index contributed by atoms with van der Waals surface area (Å²) in [6.07, 6.45) is 7.43. The maximum absolute atomic E-state index is 9.74. The summed E-state index contributed by atoms with van der Waals surface area (Å²) in [6.45, 7) is 6.26. The molecule has 0 heterocycles. The van der Waals surface area contributed by atoms with Gasteiger partial charge in [0.2, 0.25) is 0 Å². The van der Waals surface area contributed by atoms with E-state index in [0.717, 1.165) is 5.57 Å². The fourth-order valence-electron chi connectivity index (χ4n) is 0.492. The quantitative estimate of drug-likeness (QED) is 0.444. The molecule has 2 nitrogen and oxygen atoms in total. The van der Waals surface area contributed by atoms with Gasteiger partial charge < -0.3 is 4.74 Å². The summed E-state index contributed by atoms with van der Waals surface area (Å²) in [6, 6.07) is 0. The summed E-state index contributed by atoms with van der Waals surface area (Å²) in [7, 11) is 0. The standard InChI is InChI=1S/C9H12O2/c1-3-4-5-6-9(2)7-11-8-10/h3-6,8H,2,7H2,1H3/b4-3-,6-5-. The number of carbonyl (C=O) groups excluding carboxylic acids is 1. The molecule has 60 valence electrons. The third kappa shape index (κ3) is 6.58. The number of hydrogen-bond donors (Lipinski definition) is 0. The lowest BCUT2D eigenvalue weighted by Gasteiger charge is -1.94. The summed E-state index contributed by atoms with van der Waals surface area (Å²) in [4.78, 5) is 9.74. The fraction of sp³-hybridized carbons (Fsp3) is 0.222. The van der Waals surface area contributed by atoms with E-state index < -0.39 is 0 Å². The first kappa shape index (κ1) is 9.69. The number of ether oxygens (including phenoxy) is 1. The van der Waals surface area contributed by atoms with Crippen molar-refractivity contribution in [1.82, 2.24) is 0 Å². The number of carbonyl (C=O) groups is 1. The summed E-state index contributed by atoms with van der Waals surface area (Å²) >= 11 is 0. The molecule has 0 saturated heterocycles. The Labute approximate surface area is 66.9 Å². The minimum atomic E-state index is 0.261. The lowest BCUT2D eigenvalue weighted by molar-refractivity contribution is -0.127.